The molecular weight excluding hydrogens is 226 g/mol. The molecule has 1 atom stereocenters. The van der Waals surface area contributed by atoms with Gasteiger partial charge in [-0.05, 0) is 44.0 Å². The number of benzene rings is 1. The Kier molecular flexibility index (Phi) is 5.17. The fourth-order valence-corrected chi connectivity index (χ4v) is 2.09. The van der Waals surface area contributed by atoms with Crippen molar-refractivity contribution in [3.05, 3.63) is 29.3 Å². The number of aliphatic hydroxyl groups excluding tert-OH is 1. The van der Waals surface area contributed by atoms with E-state index in [0.717, 1.165) is 5.75 Å². The predicted molar refractivity (Wildman–Crippen MR) is 75.2 cm³/mol. The van der Waals surface area contributed by atoms with Crippen LogP contribution in [0.4, 0.5) is 0 Å². The van der Waals surface area contributed by atoms with Gasteiger partial charge in [0.2, 0.25) is 0 Å². The van der Waals surface area contributed by atoms with Crippen molar-refractivity contribution >= 4 is 0 Å². The van der Waals surface area contributed by atoms with Gasteiger partial charge < -0.3 is 15.2 Å². The number of hydrogen-bond donors (Lipinski definition) is 2. The van der Waals surface area contributed by atoms with E-state index in [1.807, 2.05) is 19.1 Å². The molecule has 0 heterocycles. The summed E-state index contributed by atoms with van der Waals surface area (Å²) in [4.78, 5) is 0. The summed E-state index contributed by atoms with van der Waals surface area (Å²) >= 11 is 0. The Balaban J connectivity index is 2.67. The van der Waals surface area contributed by atoms with Crippen LogP contribution >= 0.6 is 0 Å². The highest BCUT2D eigenvalue weighted by Crippen LogP contribution is 2.18. The SMILES string of the molecule is Cc1cc(C)cc(OCC(C)(CO)NC(C)C)c1. The second-order valence-corrected chi connectivity index (χ2v) is 5.63. The summed E-state index contributed by atoms with van der Waals surface area (Å²) in [5.74, 6) is 0.859. The van der Waals surface area contributed by atoms with Gasteiger partial charge in [0.15, 0.2) is 0 Å². The summed E-state index contributed by atoms with van der Waals surface area (Å²) in [6.45, 7) is 10.7. The van der Waals surface area contributed by atoms with Gasteiger partial charge in [-0.2, -0.15) is 0 Å². The minimum absolute atomic E-state index is 0.0516. The van der Waals surface area contributed by atoms with Crippen molar-refractivity contribution < 1.29 is 9.84 Å². The zero-order chi connectivity index (χ0) is 13.8. The molecule has 0 spiro atoms. The van der Waals surface area contributed by atoms with Crippen molar-refractivity contribution in [2.45, 2.75) is 46.2 Å². The maximum absolute atomic E-state index is 9.48. The van der Waals surface area contributed by atoms with Gasteiger partial charge >= 0.3 is 0 Å². The third-order valence-corrected chi connectivity index (χ3v) is 2.74. The summed E-state index contributed by atoms with van der Waals surface area (Å²) in [6.07, 6.45) is 0. The Labute approximate surface area is 110 Å². The smallest absolute Gasteiger partial charge is 0.119 e. The normalized spacial score (nSPS) is 14.6. The largest absolute Gasteiger partial charge is 0.492 e. The second kappa shape index (κ2) is 6.21. The third-order valence-electron chi connectivity index (χ3n) is 2.74. The monoisotopic (exact) mass is 251 g/mol. The summed E-state index contributed by atoms with van der Waals surface area (Å²) in [5, 5.41) is 12.8. The lowest BCUT2D eigenvalue weighted by atomic mass is 10.0. The van der Waals surface area contributed by atoms with E-state index in [1.165, 1.54) is 11.1 Å². The second-order valence-electron chi connectivity index (χ2n) is 5.63. The van der Waals surface area contributed by atoms with Crippen molar-refractivity contribution in [1.82, 2.24) is 5.32 Å². The van der Waals surface area contributed by atoms with Crippen LogP contribution in [0.25, 0.3) is 0 Å². The molecule has 0 aliphatic rings. The Morgan fingerprint density at radius 3 is 2.22 bits per heavy atom. The third kappa shape index (κ3) is 4.67. The minimum Gasteiger partial charge on any atom is -0.492 e. The van der Waals surface area contributed by atoms with E-state index in [4.69, 9.17) is 4.74 Å². The van der Waals surface area contributed by atoms with Crippen LogP contribution < -0.4 is 10.1 Å². The summed E-state index contributed by atoms with van der Waals surface area (Å²) < 4.78 is 5.80. The average Bonchev–Trinajstić information content (AvgIpc) is 2.24. The fraction of sp³-hybridized carbons (Fsp3) is 0.600. The van der Waals surface area contributed by atoms with E-state index in [2.05, 4.69) is 39.1 Å². The highest BCUT2D eigenvalue weighted by Gasteiger charge is 2.24. The number of hydrogen-bond acceptors (Lipinski definition) is 3. The fourth-order valence-electron chi connectivity index (χ4n) is 2.09. The molecule has 0 radical (unpaired) electrons. The summed E-state index contributed by atoms with van der Waals surface area (Å²) in [5.41, 5.74) is 1.96. The molecule has 0 amide bonds. The van der Waals surface area contributed by atoms with Gasteiger partial charge in [-0.3, -0.25) is 0 Å². The van der Waals surface area contributed by atoms with Crippen LogP contribution in [0.3, 0.4) is 0 Å². The Hall–Kier alpha value is -1.06. The molecule has 0 aromatic heterocycles. The van der Waals surface area contributed by atoms with Gasteiger partial charge in [0, 0.05) is 6.04 Å². The van der Waals surface area contributed by atoms with Crippen molar-refractivity contribution in [3.63, 3.8) is 0 Å². The number of ether oxygens (including phenoxy) is 1. The van der Waals surface area contributed by atoms with Crippen molar-refractivity contribution in [3.8, 4) is 5.75 Å². The first-order valence-corrected chi connectivity index (χ1v) is 6.44. The van der Waals surface area contributed by atoms with E-state index in [1.54, 1.807) is 0 Å². The first-order chi connectivity index (χ1) is 8.34. The number of rotatable bonds is 6. The summed E-state index contributed by atoms with van der Waals surface area (Å²) in [6, 6.07) is 6.45. The average molecular weight is 251 g/mol. The Bertz CT molecular complexity index is 370. The van der Waals surface area contributed by atoms with Gasteiger partial charge in [0.25, 0.3) is 0 Å². The zero-order valence-electron chi connectivity index (χ0n) is 12.1. The van der Waals surface area contributed by atoms with E-state index >= 15 is 0 Å². The van der Waals surface area contributed by atoms with Crippen LogP contribution in [0.5, 0.6) is 5.75 Å². The zero-order valence-corrected chi connectivity index (χ0v) is 12.1. The molecule has 18 heavy (non-hydrogen) atoms. The van der Waals surface area contributed by atoms with Crippen LogP contribution in [0.2, 0.25) is 0 Å². The lowest BCUT2D eigenvalue weighted by Crippen LogP contribution is -2.53. The molecule has 3 nitrogen and oxygen atoms in total. The lowest BCUT2D eigenvalue weighted by Gasteiger charge is -2.31. The molecule has 0 fully saturated rings. The van der Waals surface area contributed by atoms with E-state index in [-0.39, 0.29) is 6.61 Å². The molecule has 0 bridgehead atoms. The maximum atomic E-state index is 9.48. The molecule has 1 aromatic carbocycles. The molecule has 2 N–H and O–H groups in total. The molecule has 0 aliphatic carbocycles. The Morgan fingerprint density at radius 1 is 1.22 bits per heavy atom. The highest BCUT2D eigenvalue weighted by molar-refractivity contribution is 5.33. The van der Waals surface area contributed by atoms with E-state index in [0.29, 0.717) is 12.6 Å². The van der Waals surface area contributed by atoms with Gasteiger partial charge in [0.1, 0.15) is 12.4 Å². The molecule has 0 saturated carbocycles. The predicted octanol–water partition coefficient (Wildman–Crippen LogP) is 2.43. The van der Waals surface area contributed by atoms with E-state index < -0.39 is 5.54 Å². The number of aliphatic hydroxyl groups is 1. The molecule has 0 saturated heterocycles. The summed E-state index contributed by atoms with van der Waals surface area (Å²) in [7, 11) is 0. The van der Waals surface area contributed by atoms with Crippen LogP contribution in [-0.2, 0) is 0 Å². The first-order valence-electron chi connectivity index (χ1n) is 6.44. The van der Waals surface area contributed by atoms with Crippen LogP contribution in [-0.4, -0.2) is 29.9 Å². The lowest BCUT2D eigenvalue weighted by molar-refractivity contribution is 0.109. The molecule has 102 valence electrons. The van der Waals surface area contributed by atoms with E-state index in [9.17, 15) is 5.11 Å². The molecule has 1 rings (SSSR count). The van der Waals surface area contributed by atoms with Gasteiger partial charge in [-0.25, -0.2) is 0 Å². The standard InChI is InChI=1S/C15H25NO2/c1-11(2)16-15(5,9-17)10-18-14-7-12(3)6-13(4)8-14/h6-8,11,16-17H,9-10H2,1-5H3. The van der Waals surface area contributed by atoms with Crippen LogP contribution in [0.15, 0.2) is 18.2 Å². The Morgan fingerprint density at radius 2 is 1.78 bits per heavy atom. The molecule has 3 heteroatoms. The quantitative estimate of drug-likeness (QED) is 0.816. The molecular formula is C15H25NO2. The topological polar surface area (TPSA) is 41.5 Å². The van der Waals surface area contributed by atoms with Gasteiger partial charge in [-0.1, -0.05) is 19.9 Å². The first kappa shape index (κ1) is 15.0. The highest BCUT2D eigenvalue weighted by atomic mass is 16.5. The molecule has 1 aromatic rings. The molecule has 1 unspecified atom stereocenters. The van der Waals surface area contributed by atoms with Gasteiger partial charge in [0.05, 0.1) is 12.1 Å². The van der Waals surface area contributed by atoms with Crippen LogP contribution in [0, 0.1) is 13.8 Å². The molecule has 0 aliphatic heterocycles. The van der Waals surface area contributed by atoms with Crippen molar-refractivity contribution in [1.29, 1.82) is 0 Å². The number of nitrogens with one attached hydrogen (secondary N) is 1. The van der Waals surface area contributed by atoms with Gasteiger partial charge in [-0.15, -0.1) is 0 Å². The maximum Gasteiger partial charge on any atom is 0.119 e. The van der Waals surface area contributed by atoms with Crippen LogP contribution in [0.1, 0.15) is 31.9 Å². The van der Waals surface area contributed by atoms with Crippen molar-refractivity contribution in [2.24, 2.45) is 0 Å². The minimum atomic E-state index is -0.411. The number of aryl methyl sites for hydroxylation is 2. The van der Waals surface area contributed by atoms with Crippen molar-refractivity contribution in [2.75, 3.05) is 13.2 Å².